The molecule has 0 aromatic heterocycles. The summed E-state index contributed by atoms with van der Waals surface area (Å²) >= 11 is 0. The number of hydrogen-bond donors (Lipinski definition) is 2. The van der Waals surface area contributed by atoms with Crippen molar-refractivity contribution in [2.24, 2.45) is 5.73 Å². The van der Waals surface area contributed by atoms with Crippen LogP contribution >= 0.6 is 0 Å². The number of nitrogens with zero attached hydrogens (tertiary/aromatic N) is 3. The number of nitrogens with two attached hydrogens (primary N) is 1. The van der Waals surface area contributed by atoms with Gasteiger partial charge in [0.2, 0.25) is 0 Å². The number of urea groups is 1. The van der Waals surface area contributed by atoms with Gasteiger partial charge in [-0.15, -0.1) is 0 Å². The summed E-state index contributed by atoms with van der Waals surface area (Å²) in [5.74, 6) is 0. The summed E-state index contributed by atoms with van der Waals surface area (Å²) in [4.78, 5) is 18.1. The molecule has 2 aliphatic heterocycles. The Morgan fingerprint density at radius 3 is 2.18 bits per heavy atom. The molecule has 0 unspecified atom stereocenters. The highest BCUT2D eigenvalue weighted by molar-refractivity contribution is 5.76. The number of nitrogens with one attached hydrogen (secondary N) is 1. The van der Waals surface area contributed by atoms with Crippen molar-refractivity contribution in [1.29, 1.82) is 0 Å². The van der Waals surface area contributed by atoms with Crippen LogP contribution in [0.1, 0.15) is 0 Å². The molecule has 2 rings (SSSR count). The van der Waals surface area contributed by atoms with E-state index in [1.54, 1.807) is 0 Å². The molecule has 2 fully saturated rings. The molecule has 0 atom stereocenters. The van der Waals surface area contributed by atoms with Gasteiger partial charge >= 0.3 is 6.03 Å². The van der Waals surface area contributed by atoms with E-state index in [9.17, 15) is 4.79 Å². The van der Waals surface area contributed by atoms with Crippen LogP contribution in [0.15, 0.2) is 0 Å². The molecule has 6 nitrogen and oxygen atoms in total. The van der Waals surface area contributed by atoms with Gasteiger partial charge in [-0.25, -0.2) is 4.79 Å². The van der Waals surface area contributed by atoms with Crippen LogP contribution < -0.4 is 11.1 Å². The first-order valence-corrected chi connectivity index (χ1v) is 6.47. The van der Waals surface area contributed by atoms with Crippen LogP contribution in [0.5, 0.6) is 0 Å². The average molecular weight is 241 g/mol. The Labute approximate surface area is 103 Å². The van der Waals surface area contributed by atoms with Gasteiger partial charge in [0.25, 0.3) is 0 Å². The molecule has 2 saturated heterocycles. The first-order chi connectivity index (χ1) is 8.29. The van der Waals surface area contributed by atoms with Gasteiger partial charge < -0.3 is 16.0 Å². The molecule has 3 N–H and O–H groups in total. The third kappa shape index (κ3) is 3.55. The molecule has 0 aromatic rings. The lowest BCUT2D eigenvalue weighted by Crippen LogP contribution is -2.49. The fourth-order valence-corrected chi connectivity index (χ4v) is 2.41. The van der Waals surface area contributed by atoms with Crippen LogP contribution in [0.2, 0.25) is 0 Å². The van der Waals surface area contributed by atoms with Crippen LogP contribution in [0.4, 0.5) is 4.79 Å². The van der Waals surface area contributed by atoms with Crippen molar-refractivity contribution < 1.29 is 4.79 Å². The van der Waals surface area contributed by atoms with Crippen molar-refractivity contribution in [3.63, 3.8) is 0 Å². The predicted molar refractivity (Wildman–Crippen MR) is 66.9 cm³/mol. The third-order valence-electron chi connectivity index (χ3n) is 3.54. The minimum absolute atomic E-state index is 0.0896. The molecule has 0 spiro atoms. The predicted octanol–water partition coefficient (Wildman–Crippen LogP) is -1.41. The highest BCUT2D eigenvalue weighted by atomic mass is 16.2. The molecule has 0 aliphatic carbocycles. The maximum atomic E-state index is 11.4. The molecule has 2 amide bonds. The Balaban J connectivity index is 1.63. The zero-order chi connectivity index (χ0) is 12.1. The number of piperazine rings is 1. The molecule has 0 saturated carbocycles. The van der Waals surface area contributed by atoms with E-state index in [-0.39, 0.29) is 6.03 Å². The maximum Gasteiger partial charge on any atom is 0.317 e. The van der Waals surface area contributed by atoms with E-state index < -0.39 is 0 Å². The average Bonchev–Trinajstić information content (AvgIpc) is 2.75. The summed E-state index contributed by atoms with van der Waals surface area (Å²) in [7, 11) is 0. The SMILES string of the molecule is NCCN1CCN(CCN2CCNC2=O)CC1. The molecule has 6 heteroatoms. The van der Waals surface area contributed by atoms with Gasteiger partial charge in [-0.2, -0.15) is 0 Å². The molecular weight excluding hydrogens is 218 g/mol. The Morgan fingerprint density at radius 2 is 1.65 bits per heavy atom. The molecule has 17 heavy (non-hydrogen) atoms. The van der Waals surface area contributed by atoms with Gasteiger partial charge in [-0.05, 0) is 0 Å². The number of amides is 2. The zero-order valence-corrected chi connectivity index (χ0v) is 10.4. The van der Waals surface area contributed by atoms with E-state index in [1.165, 1.54) is 0 Å². The van der Waals surface area contributed by atoms with E-state index in [1.807, 2.05) is 4.90 Å². The molecule has 2 aliphatic rings. The number of carbonyl (C=O) groups is 1. The molecule has 98 valence electrons. The van der Waals surface area contributed by atoms with Crippen LogP contribution in [0.25, 0.3) is 0 Å². The van der Waals surface area contributed by atoms with Crippen molar-refractivity contribution in [3.8, 4) is 0 Å². The largest absolute Gasteiger partial charge is 0.336 e. The van der Waals surface area contributed by atoms with Gasteiger partial charge in [-0.3, -0.25) is 9.80 Å². The van der Waals surface area contributed by atoms with E-state index in [0.29, 0.717) is 0 Å². The number of hydrogen-bond acceptors (Lipinski definition) is 4. The minimum atomic E-state index is 0.0896. The van der Waals surface area contributed by atoms with Gasteiger partial charge in [0.05, 0.1) is 0 Å². The van der Waals surface area contributed by atoms with Crippen molar-refractivity contribution >= 4 is 6.03 Å². The van der Waals surface area contributed by atoms with Gasteiger partial charge in [0.15, 0.2) is 0 Å². The topological polar surface area (TPSA) is 64.8 Å². The summed E-state index contributed by atoms with van der Waals surface area (Å²) in [6.45, 7) is 9.62. The minimum Gasteiger partial charge on any atom is -0.336 e. The van der Waals surface area contributed by atoms with Gasteiger partial charge in [0.1, 0.15) is 0 Å². The summed E-state index contributed by atoms with van der Waals surface area (Å²) < 4.78 is 0. The normalized spacial score (nSPS) is 23.1. The lowest BCUT2D eigenvalue weighted by atomic mass is 10.3. The highest BCUT2D eigenvalue weighted by Crippen LogP contribution is 2.02. The number of rotatable bonds is 5. The van der Waals surface area contributed by atoms with Crippen LogP contribution in [0, 0.1) is 0 Å². The number of carbonyl (C=O) groups excluding carboxylic acids is 1. The monoisotopic (exact) mass is 241 g/mol. The zero-order valence-electron chi connectivity index (χ0n) is 10.4. The van der Waals surface area contributed by atoms with E-state index in [2.05, 4.69) is 15.1 Å². The third-order valence-corrected chi connectivity index (χ3v) is 3.54. The summed E-state index contributed by atoms with van der Waals surface area (Å²) in [6, 6.07) is 0.0896. The van der Waals surface area contributed by atoms with E-state index in [0.717, 1.165) is 65.4 Å². The Morgan fingerprint density at radius 1 is 1.00 bits per heavy atom. The van der Waals surface area contributed by atoms with Crippen LogP contribution in [-0.2, 0) is 0 Å². The lowest BCUT2D eigenvalue weighted by molar-refractivity contribution is 0.126. The Hall–Kier alpha value is -0.850. The maximum absolute atomic E-state index is 11.4. The molecule has 0 radical (unpaired) electrons. The smallest absolute Gasteiger partial charge is 0.317 e. The van der Waals surface area contributed by atoms with Crippen molar-refractivity contribution in [1.82, 2.24) is 20.0 Å². The fraction of sp³-hybridized carbons (Fsp3) is 0.909. The summed E-state index contributed by atoms with van der Waals surface area (Å²) in [5.41, 5.74) is 5.54. The van der Waals surface area contributed by atoms with Crippen molar-refractivity contribution in [2.45, 2.75) is 0 Å². The molecule has 0 aromatic carbocycles. The van der Waals surface area contributed by atoms with Crippen LogP contribution in [-0.4, -0.2) is 86.2 Å². The summed E-state index contributed by atoms with van der Waals surface area (Å²) in [6.07, 6.45) is 0. The van der Waals surface area contributed by atoms with E-state index in [4.69, 9.17) is 5.73 Å². The lowest BCUT2D eigenvalue weighted by Gasteiger charge is -2.35. The Bertz CT molecular complexity index is 252. The second-order valence-corrected chi connectivity index (χ2v) is 4.69. The highest BCUT2D eigenvalue weighted by Gasteiger charge is 2.21. The van der Waals surface area contributed by atoms with Crippen LogP contribution in [0.3, 0.4) is 0 Å². The van der Waals surface area contributed by atoms with Gasteiger partial charge in [0, 0.05) is 65.4 Å². The second-order valence-electron chi connectivity index (χ2n) is 4.69. The fourth-order valence-electron chi connectivity index (χ4n) is 2.41. The van der Waals surface area contributed by atoms with Crippen molar-refractivity contribution in [3.05, 3.63) is 0 Å². The Kier molecular flexibility index (Phi) is 4.58. The second kappa shape index (κ2) is 6.18. The quantitative estimate of drug-likeness (QED) is 0.620. The molecule has 2 heterocycles. The molecule has 0 bridgehead atoms. The molecular formula is C11H23N5O. The standard InChI is InChI=1S/C11H23N5O/c12-1-3-14-5-7-15(8-6-14)9-10-16-4-2-13-11(16)17/h1-10,12H2,(H,13,17). The van der Waals surface area contributed by atoms with Crippen molar-refractivity contribution in [2.75, 3.05) is 65.4 Å². The first kappa shape index (κ1) is 12.6. The first-order valence-electron chi connectivity index (χ1n) is 6.47. The van der Waals surface area contributed by atoms with E-state index >= 15 is 0 Å². The summed E-state index contributed by atoms with van der Waals surface area (Å²) in [5, 5.41) is 2.83. The van der Waals surface area contributed by atoms with Gasteiger partial charge in [-0.1, -0.05) is 0 Å².